The monoisotopic (exact) mass is 361 g/mol. The number of rotatable bonds is 4. The number of pyridine rings is 1. The number of hydrogen-bond acceptors (Lipinski definition) is 3. The lowest BCUT2D eigenvalue weighted by Gasteiger charge is -2.50. The summed E-state index contributed by atoms with van der Waals surface area (Å²) in [6.07, 6.45) is 10.8. The second-order valence-corrected chi connectivity index (χ2v) is 9.10. The first-order chi connectivity index (χ1) is 13.3. The molecular formula is C24H31N3. The highest BCUT2D eigenvalue weighted by Crippen LogP contribution is 2.47. The summed E-state index contributed by atoms with van der Waals surface area (Å²) in [7, 11) is 0. The van der Waals surface area contributed by atoms with Crippen LogP contribution in [0.15, 0.2) is 54.9 Å². The molecule has 3 aliphatic rings. The van der Waals surface area contributed by atoms with E-state index in [1.807, 2.05) is 12.4 Å². The first kappa shape index (κ1) is 17.4. The topological polar surface area (TPSA) is 19.4 Å². The number of nitrogens with zero attached hydrogens (tertiary/aromatic N) is 3. The minimum atomic E-state index is 0.524. The van der Waals surface area contributed by atoms with Crippen LogP contribution in [0.3, 0.4) is 0 Å². The third kappa shape index (κ3) is 3.95. The normalized spacial score (nSPS) is 26.3. The molecule has 1 saturated carbocycles. The fraction of sp³-hybridized carbons (Fsp3) is 0.542. The van der Waals surface area contributed by atoms with E-state index in [1.165, 1.54) is 63.8 Å². The molecule has 5 rings (SSSR count). The Hall–Kier alpha value is -1.71. The molecular weight excluding hydrogens is 330 g/mol. The molecule has 1 aliphatic carbocycles. The molecule has 1 aromatic heterocycles. The quantitative estimate of drug-likeness (QED) is 0.809. The van der Waals surface area contributed by atoms with Crippen molar-refractivity contribution in [2.24, 2.45) is 5.41 Å². The number of aromatic nitrogens is 1. The molecule has 1 spiro atoms. The van der Waals surface area contributed by atoms with Crippen LogP contribution in [0.1, 0.15) is 49.1 Å². The summed E-state index contributed by atoms with van der Waals surface area (Å²) in [6.45, 7) is 6.17. The minimum Gasteiger partial charge on any atom is -0.299 e. The summed E-state index contributed by atoms with van der Waals surface area (Å²) in [6, 6.07) is 16.5. The second-order valence-electron chi connectivity index (χ2n) is 9.10. The summed E-state index contributed by atoms with van der Waals surface area (Å²) in [5, 5.41) is 0. The molecule has 0 bridgehead atoms. The minimum absolute atomic E-state index is 0.524. The standard InChI is InChI=1S/C24H31N3/c1-2-4-21(5-3-1)22-16-24(19-27(18-22)23-6-7-23)10-14-26(15-11-24)17-20-8-12-25-13-9-20/h1-5,8-9,12-13,22-23H,6-7,10-11,14-19H2/t22-/m0/s1. The molecule has 2 aliphatic heterocycles. The zero-order valence-corrected chi connectivity index (χ0v) is 16.3. The van der Waals surface area contributed by atoms with Crippen molar-refractivity contribution >= 4 is 0 Å². The van der Waals surface area contributed by atoms with E-state index in [-0.39, 0.29) is 0 Å². The highest BCUT2D eigenvalue weighted by molar-refractivity contribution is 5.22. The highest BCUT2D eigenvalue weighted by Gasteiger charge is 2.45. The molecule has 27 heavy (non-hydrogen) atoms. The predicted octanol–water partition coefficient (Wildman–Crippen LogP) is 4.32. The third-order valence-electron chi connectivity index (χ3n) is 7.08. The lowest BCUT2D eigenvalue weighted by atomic mass is 9.68. The Morgan fingerprint density at radius 1 is 0.963 bits per heavy atom. The molecule has 3 heterocycles. The second kappa shape index (κ2) is 7.37. The maximum absolute atomic E-state index is 4.15. The summed E-state index contributed by atoms with van der Waals surface area (Å²) in [4.78, 5) is 9.64. The van der Waals surface area contributed by atoms with Crippen molar-refractivity contribution < 1.29 is 0 Å². The average Bonchev–Trinajstić information content (AvgIpc) is 3.57. The Morgan fingerprint density at radius 3 is 2.41 bits per heavy atom. The molecule has 1 aromatic carbocycles. The molecule has 3 nitrogen and oxygen atoms in total. The van der Waals surface area contributed by atoms with Crippen LogP contribution in [0.25, 0.3) is 0 Å². The van der Waals surface area contributed by atoms with Gasteiger partial charge < -0.3 is 0 Å². The lowest BCUT2D eigenvalue weighted by molar-refractivity contribution is 0.00830. The average molecular weight is 362 g/mol. The van der Waals surface area contributed by atoms with E-state index in [2.05, 4.69) is 57.2 Å². The summed E-state index contributed by atoms with van der Waals surface area (Å²) < 4.78 is 0. The van der Waals surface area contributed by atoms with Gasteiger partial charge in [-0.15, -0.1) is 0 Å². The maximum Gasteiger partial charge on any atom is 0.0271 e. The zero-order chi connectivity index (χ0) is 18.1. The van der Waals surface area contributed by atoms with Gasteiger partial charge in [0.05, 0.1) is 0 Å². The molecule has 3 fully saturated rings. The summed E-state index contributed by atoms with van der Waals surface area (Å²) >= 11 is 0. The molecule has 2 saturated heterocycles. The van der Waals surface area contributed by atoms with E-state index in [4.69, 9.17) is 0 Å². The maximum atomic E-state index is 4.15. The molecule has 0 radical (unpaired) electrons. The Morgan fingerprint density at radius 2 is 1.70 bits per heavy atom. The van der Waals surface area contributed by atoms with E-state index >= 15 is 0 Å². The number of likely N-dealkylation sites (tertiary alicyclic amines) is 2. The molecule has 2 aromatic rings. The molecule has 1 atom stereocenters. The SMILES string of the molecule is c1ccc([C@@H]2CN(C3CC3)CC3(CCN(Cc4ccncc4)CC3)C2)cc1. The van der Waals surface area contributed by atoms with Gasteiger partial charge in [0, 0.05) is 38.1 Å². The molecule has 142 valence electrons. The van der Waals surface area contributed by atoms with Crippen LogP contribution in [-0.4, -0.2) is 47.0 Å². The Bertz CT molecular complexity index is 733. The Labute approximate surface area is 163 Å². The molecule has 3 heteroatoms. The van der Waals surface area contributed by atoms with Gasteiger partial charge in [-0.1, -0.05) is 30.3 Å². The van der Waals surface area contributed by atoms with Crippen molar-refractivity contribution in [1.29, 1.82) is 0 Å². The number of piperidine rings is 2. The predicted molar refractivity (Wildman–Crippen MR) is 110 cm³/mol. The van der Waals surface area contributed by atoms with Crippen molar-refractivity contribution in [1.82, 2.24) is 14.8 Å². The first-order valence-electron chi connectivity index (χ1n) is 10.7. The van der Waals surface area contributed by atoms with Gasteiger partial charge in [-0.3, -0.25) is 14.8 Å². The fourth-order valence-electron chi connectivity index (χ4n) is 5.39. The van der Waals surface area contributed by atoms with Crippen molar-refractivity contribution in [2.75, 3.05) is 26.2 Å². The summed E-state index contributed by atoms with van der Waals surface area (Å²) in [5.74, 6) is 0.715. The van der Waals surface area contributed by atoms with Crippen LogP contribution >= 0.6 is 0 Å². The largest absolute Gasteiger partial charge is 0.299 e. The van der Waals surface area contributed by atoms with Crippen molar-refractivity contribution in [3.8, 4) is 0 Å². The molecule has 0 unspecified atom stereocenters. The van der Waals surface area contributed by atoms with Gasteiger partial charge in [0.1, 0.15) is 0 Å². The third-order valence-corrected chi connectivity index (χ3v) is 7.08. The zero-order valence-electron chi connectivity index (χ0n) is 16.3. The van der Waals surface area contributed by atoms with E-state index < -0.39 is 0 Å². The molecule has 0 amide bonds. The Kier molecular flexibility index (Phi) is 4.75. The van der Waals surface area contributed by atoms with Gasteiger partial charge >= 0.3 is 0 Å². The molecule has 0 N–H and O–H groups in total. The van der Waals surface area contributed by atoms with Gasteiger partial charge in [0.25, 0.3) is 0 Å². The van der Waals surface area contributed by atoms with Gasteiger partial charge in [0.2, 0.25) is 0 Å². The van der Waals surface area contributed by atoms with E-state index in [1.54, 1.807) is 5.56 Å². The van der Waals surface area contributed by atoms with Crippen LogP contribution in [0.5, 0.6) is 0 Å². The van der Waals surface area contributed by atoms with Gasteiger partial charge in [0.15, 0.2) is 0 Å². The van der Waals surface area contributed by atoms with Crippen LogP contribution in [0.2, 0.25) is 0 Å². The van der Waals surface area contributed by atoms with Crippen molar-refractivity contribution in [2.45, 2.75) is 50.6 Å². The fourth-order valence-corrected chi connectivity index (χ4v) is 5.39. The van der Waals surface area contributed by atoms with Crippen LogP contribution in [0, 0.1) is 5.41 Å². The van der Waals surface area contributed by atoms with Crippen LogP contribution in [0.4, 0.5) is 0 Å². The van der Waals surface area contributed by atoms with E-state index in [0.717, 1.165) is 12.6 Å². The Balaban J connectivity index is 1.28. The van der Waals surface area contributed by atoms with E-state index in [9.17, 15) is 0 Å². The first-order valence-corrected chi connectivity index (χ1v) is 10.7. The van der Waals surface area contributed by atoms with Crippen LogP contribution < -0.4 is 0 Å². The number of hydrogen-bond donors (Lipinski definition) is 0. The van der Waals surface area contributed by atoms with Crippen LogP contribution in [-0.2, 0) is 6.54 Å². The smallest absolute Gasteiger partial charge is 0.0271 e. The summed E-state index contributed by atoms with van der Waals surface area (Å²) in [5.41, 5.74) is 3.48. The lowest BCUT2D eigenvalue weighted by Crippen LogP contribution is -2.52. The highest BCUT2D eigenvalue weighted by atomic mass is 15.2. The van der Waals surface area contributed by atoms with E-state index in [0.29, 0.717) is 11.3 Å². The van der Waals surface area contributed by atoms with Crippen molar-refractivity contribution in [3.05, 3.63) is 66.0 Å². The van der Waals surface area contributed by atoms with Gasteiger partial charge in [-0.05, 0) is 79.8 Å². The number of benzene rings is 1. The van der Waals surface area contributed by atoms with Crippen molar-refractivity contribution in [3.63, 3.8) is 0 Å². The van der Waals surface area contributed by atoms with Gasteiger partial charge in [-0.2, -0.15) is 0 Å². The van der Waals surface area contributed by atoms with Gasteiger partial charge in [-0.25, -0.2) is 0 Å².